The smallest absolute Gasteiger partial charge is 0.492 e. The molecule has 0 aliphatic carbocycles. The molecule has 0 bridgehead atoms. The zero-order chi connectivity index (χ0) is 16.4. The number of nitro benzene ring substituents is 1. The second-order valence-electron chi connectivity index (χ2n) is 5.76. The predicted molar refractivity (Wildman–Crippen MR) is 78.7 cm³/mol. The number of aliphatic hydroxyl groups is 1. The molecule has 0 radical (unpaired) electrons. The summed E-state index contributed by atoms with van der Waals surface area (Å²) in [6.45, 7) is 6.33. The molecule has 116 valence electrons. The predicted octanol–water partition coefficient (Wildman–Crippen LogP) is 0.857. The van der Waals surface area contributed by atoms with Crippen molar-refractivity contribution in [1.82, 2.24) is 0 Å². The maximum Gasteiger partial charge on any atom is 0.492 e. The Bertz CT molecular complexity index is 526. The molecule has 1 aromatic carbocycles. The van der Waals surface area contributed by atoms with Crippen LogP contribution in [-0.2, 0) is 4.65 Å². The van der Waals surface area contributed by atoms with E-state index in [-0.39, 0.29) is 16.9 Å². The highest BCUT2D eigenvalue weighted by Crippen LogP contribution is 2.26. The molecule has 0 spiro atoms. The van der Waals surface area contributed by atoms with Crippen LogP contribution in [0.4, 0.5) is 5.69 Å². The van der Waals surface area contributed by atoms with Gasteiger partial charge in [0.25, 0.3) is 5.69 Å². The van der Waals surface area contributed by atoms with Gasteiger partial charge in [-0.3, -0.25) is 10.1 Å². The highest BCUT2D eigenvalue weighted by molar-refractivity contribution is 6.60. The molecule has 0 aliphatic rings. The van der Waals surface area contributed by atoms with Crippen LogP contribution in [0, 0.1) is 10.1 Å². The van der Waals surface area contributed by atoms with Gasteiger partial charge in [0.15, 0.2) is 0 Å². The SMILES string of the molecule is COc1cc(B(O)OC(C)(C)C(C)(C)O)cc([N+](=O)[O-])c1. The normalized spacial score (nSPS) is 12.1. The molecule has 0 aromatic heterocycles. The van der Waals surface area contributed by atoms with Crippen LogP contribution in [0.2, 0.25) is 0 Å². The number of ether oxygens (including phenoxy) is 1. The van der Waals surface area contributed by atoms with Crippen LogP contribution in [-0.4, -0.2) is 40.5 Å². The van der Waals surface area contributed by atoms with Gasteiger partial charge in [0, 0.05) is 6.07 Å². The number of nitro groups is 1. The van der Waals surface area contributed by atoms with Gasteiger partial charge in [0.2, 0.25) is 0 Å². The Labute approximate surface area is 123 Å². The fraction of sp³-hybridized carbons (Fsp3) is 0.538. The van der Waals surface area contributed by atoms with Crippen LogP contribution >= 0.6 is 0 Å². The summed E-state index contributed by atoms with van der Waals surface area (Å²) in [5.41, 5.74) is -2.31. The third kappa shape index (κ3) is 4.16. The second kappa shape index (κ2) is 6.01. The standard InChI is InChI=1S/C13H20BNO6/c1-12(2,16)13(3,4)21-14(17)9-6-10(15(18)19)8-11(7-9)20-5/h6-8,16-17H,1-5H3. The van der Waals surface area contributed by atoms with E-state index in [2.05, 4.69) is 0 Å². The summed E-state index contributed by atoms with van der Waals surface area (Å²) in [6, 6.07) is 3.89. The van der Waals surface area contributed by atoms with E-state index in [1.165, 1.54) is 25.3 Å². The average molecular weight is 297 g/mol. The minimum Gasteiger partial charge on any atom is -0.497 e. The van der Waals surface area contributed by atoms with Crippen LogP contribution < -0.4 is 10.2 Å². The van der Waals surface area contributed by atoms with Crippen molar-refractivity contribution in [3.05, 3.63) is 28.3 Å². The largest absolute Gasteiger partial charge is 0.497 e. The van der Waals surface area contributed by atoms with E-state index >= 15 is 0 Å². The Morgan fingerprint density at radius 3 is 2.24 bits per heavy atom. The van der Waals surface area contributed by atoms with Gasteiger partial charge < -0.3 is 19.5 Å². The van der Waals surface area contributed by atoms with Crippen molar-refractivity contribution < 1.29 is 24.4 Å². The number of benzene rings is 1. The number of methoxy groups -OCH3 is 1. The monoisotopic (exact) mass is 297 g/mol. The minimum atomic E-state index is -1.43. The van der Waals surface area contributed by atoms with E-state index in [4.69, 9.17) is 9.39 Å². The van der Waals surface area contributed by atoms with Crippen molar-refractivity contribution in [3.63, 3.8) is 0 Å². The summed E-state index contributed by atoms with van der Waals surface area (Å²) >= 11 is 0. The Morgan fingerprint density at radius 2 is 1.81 bits per heavy atom. The second-order valence-corrected chi connectivity index (χ2v) is 5.76. The van der Waals surface area contributed by atoms with Gasteiger partial charge in [-0.25, -0.2) is 0 Å². The first-order chi connectivity index (χ1) is 9.48. The summed E-state index contributed by atoms with van der Waals surface area (Å²) in [6.07, 6.45) is 0. The molecule has 0 heterocycles. The highest BCUT2D eigenvalue weighted by atomic mass is 16.6. The average Bonchev–Trinajstić information content (AvgIpc) is 2.36. The minimum absolute atomic E-state index is 0.179. The Hall–Kier alpha value is -1.64. The summed E-state index contributed by atoms with van der Waals surface area (Å²) in [5.74, 6) is 0.239. The zero-order valence-electron chi connectivity index (χ0n) is 12.8. The molecule has 1 rings (SSSR count). The van der Waals surface area contributed by atoms with E-state index in [0.717, 1.165) is 0 Å². The van der Waals surface area contributed by atoms with Gasteiger partial charge in [-0.05, 0) is 39.2 Å². The topological polar surface area (TPSA) is 102 Å². The van der Waals surface area contributed by atoms with Crippen LogP contribution in [0.5, 0.6) is 5.75 Å². The van der Waals surface area contributed by atoms with Crippen LogP contribution in [0.15, 0.2) is 18.2 Å². The molecule has 21 heavy (non-hydrogen) atoms. The van der Waals surface area contributed by atoms with Crippen molar-refractivity contribution >= 4 is 18.3 Å². The van der Waals surface area contributed by atoms with Crippen LogP contribution in [0.3, 0.4) is 0 Å². The fourth-order valence-electron chi connectivity index (χ4n) is 1.46. The van der Waals surface area contributed by atoms with Crippen molar-refractivity contribution in [2.24, 2.45) is 0 Å². The Kier molecular flexibility index (Phi) is 4.98. The van der Waals surface area contributed by atoms with E-state index in [9.17, 15) is 20.2 Å². The summed E-state index contributed by atoms with van der Waals surface area (Å²) < 4.78 is 10.4. The molecule has 0 saturated carbocycles. The fourth-order valence-corrected chi connectivity index (χ4v) is 1.46. The molecule has 1 aromatic rings. The molecule has 0 saturated heterocycles. The molecule has 0 unspecified atom stereocenters. The van der Waals surface area contributed by atoms with E-state index in [1.807, 2.05) is 0 Å². The van der Waals surface area contributed by atoms with Gasteiger partial charge in [0.1, 0.15) is 5.75 Å². The van der Waals surface area contributed by atoms with Gasteiger partial charge in [-0.1, -0.05) is 0 Å². The van der Waals surface area contributed by atoms with Gasteiger partial charge in [0.05, 0.1) is 29.3 Å². The number of rotatable bonds is 6. The van der Waals surface area contributed by atoms with Crippen LogP contribution in [0.1, 0.15) is 27.7 Å². The number of hydrogen-bond donors (Lipinski definition) is 2. The molecule has 2 N–H and O–H groups in total. The summed E-state index contributed by atoms with van der Waals surface area (Å²) in [4.78, 5) is 10.3. The molecule has 0 atom stereocenters. The Morgan fingerprint density at radius 1 is 1.24 bits per heavy atom. The van der Waals surface area contributed by atoms with Gasteiger partial charge in [-0.2, -0.15) is 0 Å². The lowest BCUT2D eigenvalue weighted by atomic mass is 9.76. The first-order valence-electron chi connectivity index (χ1n) is 6.39. The zero-order valence-corrected chi connectivity index (χ0v) is 12.8. The first-order valence-corrected chi connectivity index (χ1v) is 6.39. The van der Waals surface area contributed by atoms with Crippen molar-refractivity contribution in [1.29, 1.82) is 0 Å². The van der Waals surface area contributed by atoms with Crippen molar-refractivity contribution in [2.45, 2.75) is 38.9 Å². The summed E-state index contributed by atoms with van der Waals surface area (Å²) in [5, 5.41) is 31.0. The first kappa shape index (κ1) is 17.4. The third-order valence-corrected chi connectivity index (χ3v) is 3.52. The third-order valence-electron chi connectivity index (χ3n) is 3.52. The van der Waals surface area contributed by atoms with Gasteiger partial charge in [-0.15, -0.1) is 0 Å². The lowest BCUT2D eigenvalue weighted by Crippen LogP contribution is -2.53. The molecule has 8 heteroatoms. The lowest BCUT2D eigenvalue weighted by molar-refractivity contribution is -0.384. The molecule has 7 nitrogen and oxygen atoms in total. The van der Waals surface area contributed by atoms with Crippen LogP contribution in [0.25, 0.3) is 0 Å². The summed E-state index contributed by atoms with van der Waals surface area (Å²) in [7, 11) is -0.0585. The lowest BCUT2D eigenvalue weighted by Gasteiger charge is -2.38. The number of non-ortho nitro benzene ring substituents is 1. The number of nitrogens with zero attached hydrogens (tertiary/aromatic N) is 1. The maximum absolute atomic E-state index is 10.9. The van der Waals surface area contributed by atoms with E-state index in [1.54, 1.807) is 27.7 Å². The molecule has 0 amide bonds. The van der Waals surface area contributed by atoms with Gasteiger partial charge >= 0.3 is 7.12 Å². The molecular formula is C13H20BNO6. The van der Waals surface area contributed by atoms with Crippen molar-refractivity contribution in [3.8, 4) is 5.75 Å². The molecule has 0 aliphatic heterocycles. The molecule has 0 fully saturated rings. The van der Waals surface area contributed by atoms with Crippen molar-refractivity contribution in [2.75, 3.05) is 7.11 Å². The maximum atomic E-state index is 10.9. The number of hydrogen-bond acceptors (Lipinski definition) is 6. The Balaban J connectivity index is 3.10. The van der Waals surface area contributed by atoms with E-state index in [0.29, 0.717) is 0 Å². The highest BCUT2D eigenvalue weighted by Gasteiger charge is 2.39. The van der Waals surface area contributed by atoms with E-state index < -0.39 is 23.2 Å². The molecular weight excluding hydrogens is 277 g/mol. The quantitative estimate of drug-likeness (QED) is 0.458.